The highest BCUT2D eigenvalue weighted by molar-refractivity contribution is 9.10. The molecule has 0 unspecified atom stereocenters. The Labute approximate surface area is 91.3 Å². The van der Waals surface area contributed by atoms with Crippen molar-refractivity contribution < 1.29 is 0 Å². The maximum atomic E-state index is 4.53. The van der Waals surface area contributed by atoms with Crippen LogP contribution in [-0.4, -0.2) is 16.6 Å². The van der Waals surface area contributed by atoms with Gasteiger partial charge in [-0.1, -0.05) is 15.9 Å². The number of hydrogen-bond acceptors (Lipinski definition) is 2. The van der Waals surface area contributed by atoms with E-state index in [2.05, 4.69) is 36.9 Å². The molecule has 0 atom stereocenters. The lowest BCUT2D eigenvalue weighted by atomic mass is 10.3. The van der Waals surface area contributed by atoms with Gasteiger partial charge in [-0.15, -0.1) is 0 Å². The van der Waals surface area contributed by atoms with Crippen molar-refractivity contribution >= 4 is 27.0 Å². The zero-order valence-electron chi connectivity index (χ0n) is 8.21. The highest BCUT2D eigenvalue weighted by atomic mass is 79.9. The first-order valence-electron chi connectivity index (χ1n) is 4.48. The number of fused-ring (bicyclic) bond motifs is 1. The van der Waals surface area contributed by atoms with E-state index >= 15 is 0 Å². The van der Waals surface area contributed by atoms with Crippen LogP contribution in [0.1, 0.15) is 5.82 Å². The lowest BCUT2D eigenvalue weighted by Crippen LogP contribution is -2.10. The van der Waals surface area contributed by atoms with E-state index in [0.717, 1.165) is 22.4 Å². The number of benzene rings is 1. The molecule has 14 heavy (non-hydrogen) atoms. The molecule has 1 aromatic heterocycles. The van der Waals surface area contributed by atoms with Gasteiger partial charge in [-0.05, 0) is 25.2 Å². The second-order valence-corrected chi connectivity index (χ2v) is 4.17. The van der Waals surface area contributed by atoms with Gasteiger partial charge in [-0.3, -0.25) is 0 Å². The molecule has 0 aliphatic rings. The average Bonchev–Trinajstić information content (AvgIpc) is 2.44. The van der Waals surface area contributed by atoms with Gasteiger partial charge in [-0.2, -0.15) is 0 Å². The highest BCUT2D eigenvalue weighted by Gasteiger charge is 2.06. The number of imidazole rings is 1. The summed E-state index contributed by atoms with van der Waals surface area (Å²) < 4.78 is 3.18. The molecule has 1 heterocycles. The molecular weight excluding hydrogens is 242 g/mol. The standard InChI is InChI=1S/C10H12BrN3/c1-12-6-10-13-8-5-7(11)3-4-9(8)14(10)2/h3-5,12H,6H2,1-2H3. The summed E-state index contributed by atoms with van der Waals surface area (Å²) in [5, 5.41) is 3.11. The fraction of sp³-hybridized carbons (Fsp3) is 0.300. The minimum atomic E-state index is 0.794. The summed E-state index contributed by atoms with van der Waals surface area (Å²) in [5.41, 5.74) is 2.20. The Morgan fingerprint density at radius 1 is 1.50 bits per heavy atom. The van der Waals surface area contributed by atoms with Gasteiger partial charge in [0.25, 0.3) is 0 Å². The van der Waals surface area contributed by atoms with Crippen molar-refractivity contribution in [3.8, 4) is 0 Å². The second-order valence-electron chi connectivity index (χ2n) is 3.25. The predicted octanol–water partition coefficient (Wildman–Crippen LogP) is 2.06. The van der Waals surface area contributed by atoms with Gasteiger partial charge in [0.15, 0.2) is 0 Å². The molecule has 0 saturated heterocycles. The van der Waals surface area contributed by atoms with Crippen LogP contribution in [0, 0.1) is 0 Å². The van der Waals surface area contributed by atoms with Gasteiger partial charge in [0.1, 0.15) is 5.82 Å². The number of aromatic nitrogens is 2. The summed E-state index contributed by atoms with van der Waals surface area (Å²) in [7, 11) is 3.96. The molecular formula is C10H12BrN3. The first-order valence-corrected chi connectivity index (χ1v) is 5.27. The summed E-state index contributed by atoms with van der Waals surface area (Å²) in [4.78, 5) is 4.53. The van der Waals surface area contributed by atoms with E-state index < -0.39 is 0 Å². The molecule has 2 rings (SSSR count). The molecule has 0 bridgehead atoms. The smallest absolute Gasteiger partial charge is 0.123 e. The summed E-state index contributed by atoms with van der Waals surface area (Å²) in [6, 6.07) is 6.15. The monoisotopic (exact) mass is 253 g/mol. The Kier molecular flexibility index (Phi) is 2.56. The van der Waals surface area contributed by atoms with Crippen molar-refractivity contribution in [3.63, 3.8) is 0 Å². The molecule has 2 aromatic rings. The number of halogens is 1. The predicted molar refractivity (Wildman–Crippen MR) is 61.2 cm³/mol. The van der Waals surface area contributed by atoms with Gasteiger partial charge in [0, 0.05) is 11.5 Å². The molecule has 1 N–H and O–H groups in total. The minimum absolute atomic E-state index is 0.794. The van der Waals surface area contributed by atoms with Crippen LogP contribution in [0.5, 0.6) is 0 Å². The maximum Gasteiger partial charge on any atom is 0.123 e. The molecule has 1 aromatic carbocycles. The molecule has 3 nitrogen and oxygen atoms in total. The van der Waals surface area contributed by atoms with E-state index in [4.69, 9.17) is 0 Å². The Bertz CT molecular complexity index is 462. The van der Waals surface area contributed by atoms with Crippen LogP contribution in [-0.2, 0) is 13.6 Å². The van der Waals surface area contributed by atoms with Crippen LogP contribution in [0.2, 0.25) is 0 Å². The molecule has 0 saturated carbocycles. The number of nitrogens with zero attached hydrogens (tertiary/aromatic N) is 2. The van der Waals surface area contributed by atoms with Crippen LogP contribution in [0.25, 0.3) is 11.0 Å². The topological polar surface area (TPSA) is 29.9 Å². The molecule has 0 spiro atoms. The molecule has 4 heteroatoms. The SMILES string of the molecule is CNCc1nc2cc(Br)ccc2n1C. The Balaban J connectivity index is 2.61. The van der Waals surface area contributed by atoms with E-state index in [0.29, 0.717) is 0 Å². The van der Waals surface area contributed by atoms with Crippen molar-refractivity contribution in [2.75, 3.05) is 7.05 Å². The molecule has 0 aliphatic carbocycles. The summed E-state index contributed by atoms with van der Waals surface area (Å²) in [6.07, 6.45) is 0. The van der Waals surface area contributed by atoms with Gasteiger partial charge >= 0.3 is 0 Å². The maximum absolute atomic E-state index is 4.53. The van der Waals surface area contributed by atoms with Crippen LogP contribution in [0.15, 0.2) is 22.7 Å². The first kappa shape index (κ1) is 9.68. The lowest BCUT2D eigenvalue weighted by Gasteiger charge is -2.00. The van der Waals surface area contributed by atoms with Crippen molar-refractivity contribution in [2.45, 2.75) is 6.54 Å². The van der Waals surface area contributed by atoms with Gasteiger partial charge in [0.2, 0.25) is 0 Å². The molecule has 0 fully saturated rings. The largest absolute Gasteiger partial charge is 0.330 e. The molecule has 74 valence electrons. The fourth-order valence-electron chi connectivity index (χ4n) is 1.54. The van der Waals surface area contributed by atoms with E-state index in [1.165, 1.54) is 5.52 Å². The summed E-state index contributed by atoms with van der Waals surface area (Å²) in [5.74, 6) is 1.06. The third kappa shape index (κ3) is 1.55. The van der Waals surface area contributed by atoms with E-state index in [1.54, 1.807) is 0 Å². The van der Waals surface area contributed by atoms with Crippen LogP contribution < -0.4 is 5.32 Å². The first-order chi connectivity index (χ1) is 6.72. The van der Waals surface area contributed by atoms with Crippen LogP contribution >= 0.6 is 15.9 Å². The quantitative estimate of drug-likeness (QED) is 0.888. The Morgan fingerprint density at radius 2 is 2.29 bits per heavy atom. The third-order valence-corrected chi connectivity index (χ3v) is 2.76. The lowest BCUT2D eigenvalue weighted by molar-refractivity contribution is 0.719. The van der Waals surface area contributed by atoms with Gasteiger partial charge in [0.05, 0.1) is 17.6 Å². The highest BCUT2D eigenvalue weighted by Crippen LogP contribution is 2.19. The van der Waals surface area contributed by atoms with Crippen molar-refractivity contribution in [1.29, 1.82) is 0 Å². The van der Waals surface area contributed by atoms with E-state index in [1.807, 2.05) is 26.2 Å². The average molecular weight is 254 g/mol. The van der Waals surface area contributed by atoms with Crippen molar-refractivity contribution in [2.24, 2.45) is 7.05 Å². The van der Waals surface area contributed by atoms with E-state index in [9.17, 15) is 0 Å². The number of rotatable bonds is 2. The third-order valence-electron chi connectivity index (χ3n) is 2.27. The number of aryl methyl sites for hydroxylation is 1. The second kappa shape index (κ2) is 3.71. The van der Waals surface area contributed by atoms with Crippen LogP contribution in [0.3, 0.4) is 0 Å². The molecule has 0 radical (unpaired) electrons. The van der Waals surface area contributed by atoms with Crippen molar-refractivity contribution in [3.05, 3.63) is 28.5 Å². The Hall–Kier alpha value is -0.870. The van der Waals surface area contributed by atoms with Crippen molar-refractivity contribution in [1.82, 2.24) is 14.9 Å². The zero-order valence-corrected chi connectivity index (χ0v) is 9.80. The number of nitrogens with one attached hydrogen (secondary N) is 1. The molecule has 0 amide bonds. The minimum Gasteiger partial charge on any atom is -0.330 e. The van der Waals surface area contributed by atoms with E-state index in [-0.39, 0.29) is 0 Å². The normalized spacial score (nSPS) is 11.1. The molecule has 0 aliphatic heterocycles. The summed E-state index contributed by atoms with van der Waals surface area (Å²) in [6.45, 7) is 0.794. The fourth-order valence-corrected chi connectivity index (χ4v) is 1.89. The summed E-state index contributed by atoms with van der Waals surface area (Å²) >= 11 is 3.44. The van der Waals surface area contributed by atoms with Crippen LogP contribution in [0.4, 0.5) is 0 Å². The number of hydrogen-bond donors (Lipinski definition) is 1. The van der Waals surface area contributed by atoms with Gasteiger partial charge < -0.3 is 9.88 Å². The Morgan fingerprint density at radius 3 is 3.00 bits per heavy atom. The van der Waals surface area contributed by atoms with Gasteiger partial charge in [-0.25, -0.2) is 4.98 Å². The zero-order chi connectivity index (χ0) is 10.1.